The van der Waals surface area contributed by atoms with E-state index in [4.69, 9.17) is 0 Å². The van der Waals surface area contributed by atoms with Gasteiger partial charge in [0.2, 0.25) is 0 Å². The zero-order chi connectivity index (χ0) is 38.2. The van der Waals surface area contributed by atoms with Crippen molar-refractivity contribution in [1.82, 2.24) is 0 Å². The lowest BCUT2D eigenvalue weighted by atomic mass is 9.93. The van der Waals surface area contributed by atoms with Gasteiger partial charge >= 0.3 is 0 Å². The molecule has 272 valence electrons. The van der Waals surface area contributed by atoms with Gasteiger partial charge in [0, 0.05) is 84.6 Å². The highest BCUT2D eigenvalue weighted by atomic mass is 32.1. The number of para-hydroxylation sites is 2. The lowest BCUT2D eigenvalue weighted by molar-refractivity contribution is 1.31. The lowest BCUT2D eigenvalue weighted by Crippen LogP contribution is -2.13. The topological polar surface area (TPSA) is 6.48 Å². The monoisotopic (exact) mass is 774 g/mol. The molecule has 2 aromatic heterocycles. The Kier molecular flexibility index (Phi) is 7.62. The van der Waals surface area contributed by atoms with E-state index in [1.165, 1.54) is 72.7 Å². The SMILES string of the molecule is c1ccc(N(c2ccc3sc4ccccc4c3c2)c2c3ccccc3cc3c(N(c4ccccc4)c4ccc5sc6ccccc6c5c4)c4ccccc4cc23)cc1. The Bertz CT molecular complexity index is 3290. The van der Waals surface area contributed by atoms with E-state index < -0.39 is 0 Å². The molecular formula is C54H34N2S2. The first kappa shape index (κ1) is 33.2. The van der Waals surface area contributed by atoms with Gasteiger partial charge in [-0.15, -0.1) is 22.7 Å². The maximum atomic E-state index is 2.49. The molecule has 0 amide bonds. The highest BCUT2D eigenvalue weighted by Gasteiger charge is 2.25. The van der Waals surface area contributed by atoms with Gasteiger partial charge in [0.05, 0.1) is 11.4 Å². The van der Waals surface area contributed by atoms with Crippen molar-refractivity contribution in [3.63, 3.8) is 0 Å². The quantitative estimate of drug-likeness (QED) is 0.155. The summed E-state index contributed by atoms with van der Waals surface area (Å²) >= 11 is 3.72. The third-order valence-corrected chi connectivity index (χ3v) is 13.8. The van der Waals surface area contributed by atoms with Crippen molar-refractivity contribution in [1.29, 1.82) is 0 Å². The lowest BCUT2D eigenvalue weighted by Gasteiger charge is -2.32. The average molecular weight is 775 g/mol. The van der Waals surface area contributed by atoms with Crippen LogP contribution in [0.1, 0.15) is 0 Å². The molecule has 2 nitrogen and oxygen atoms in total. The van der Waals surface area contributed by atoms with Gasteiger partial charge < -0.3 is 9.80 Å². The molecule has 58 heavy (non-hydrogen) atoms. The number of benzene rings is 10. The van der Waals surface area contributed by atoms with Crippen LogP contribution in [-0.4, -0.2) is 0 Å². The predicted octanol–water partition coefficient (Wildman–Crippen LogP) is 16.8. The third kappa shape index (κ3) is 5.23. The maximum absolute atomic E-state index is 2.49. The normalized spacial score (nSPS) is 11.8. The van der Waals surface area contributed by atoms with E-state index in [0.717, 1.165) is 34.1 Å². The van der Waals surface area contributed by atoms with Crippen molar-refractivity contribution in [2.75, 3.05) is 9.80 Å². The Morgan fingerprint density at radius 2 is 0.603 bits per heavy atom. The summed E-state index contributed by atoms with van der Waals surface area (Å²) in [6, 6.07) is 76.0. The Morgan fingerprint density at radius 3 is 1.05 bits per heavy atom. The van der Waals surface area contributed by atoms with Crippen LogP contribution in [0.25, 0.3) is 72.7 Å². The summed E-state index contributed by atoms with van der Waals surface area (Å²) < 4.78 is 5.20. The van der Waals surface area contributed by atoms with Crippen molar-refractivity contribution < 1.29 is 0 Å². The first-order valence-electron chi connectivity index (χ1n) is 19.7. The Hall–Kier alpha value is -6.98. The standard InChI is InChI=1S/C54H34N2S2/c1-3-17-37(18-4-1)55(39-27-29-51-45(33-39)43-23-11-13-25-49(43)57-51)53-41-21-9-7-15-35(41)32-48-47(53)31-36-16-8-10-22-42(36)54(48)56(38-19-5-2-6-20-38)40-28-30-52-46(34-40)44-24-12-14-26-50(44)58-52/h1-34H. The molecule has 0 aliphatic heterocycles. The summed E-state index contributed by atoms with van der Waals surface area (Å²) in [7, 11) is 0. The molecule has 10 aromatic carbocycles. The first-order valence-corrected chi connectivity index (χ1v) is 21.3. The Morgan fingerprint density at radius 1 is 0.241 bits per heavy atom. The van der Waals surface area contributed by atoms with Crippen LogP contribution >= 0.6 is 22.7 Å². The van der Waals surface area contributed by atoms with Crippen molar-refractivity contribution in [3.8, 4) is 0 Å². The van der Waals surface area contributed by atoms with Crippen molar-refractivity contribution in [2.45, 2.75) is 0 Å². The van der Waals surface area contributed by atoms with Gasteiger partial charge in [0.15, 0.2) is 0 Å². The van der Waals surface area contributed by atoms with Crippen LogP contribution in [0.4, 0.5) is 34.1 Å². The fourth-order valence-electron chi connectivity index (χ4n) is 8.98. The van der Waals surface area contributed by atoms with E-state index in [1.54, 1.807) is 0 Å². The molecule has 0 radical (unpaired) electrons. The molecule has 0 fully saturated rings. The minimum Gasteiger partial charge on any atom is -0.309 e. The van der Waals surface area contributed by atoms with Crippen LogP contribution in [0.5, 0.6) is 0 Å². The number of hydrogen-bond acceptors (Lipinski definition) is 4. The number of thiophene rings is 2. The largest absolute Gasteiger partial charge is 0.309 e. The van der Waals surface area contributed by atoms with Crippen LogP contribution < -0.4 is 9.80 Å². The smallest absolute Gasteiger partial charge is 0.0619 e. The predicted molar refractivity (Wildman–Crippen MR) is 254 cm³/mol. The van der Waals surface area contributed by atoms with E-state index in [2.05, 4.69) is 216 Å². The molecule has 0 N–H and O–H groups in total. The van der Waals surface area contributed by atoms with Crippen molar-refractivity contribution >= 4 is 129 Å². The zero-order valence-corrected chi connectivity index (χ0v) is 33.0. The second-order valence-corrected chi connectivity index (χ2v) is 17.1. The second kappa shape index (κ2) is 13.3. The van der Waals surface area contributed by atoms with Crippen molar-refractivity contribution in [2.24, 2.45) is 0 Å². The van der Waals surface area contributed by atoms with E-state index in [0.29, 0.717) is 0 Å². The van der Waals surface area contributed by atoms with Crippen LogP contribution in [0.15, 0.2) is 206 Å². The Balaban J connectivity index is 1.21. The van der Waals surface area contributed by atoms with Crippen LogP contribution in [-0.2, 0) is 0 Å². The third-order valence-electron chi connectivity index (χ3n) is 11.5. The molecule has 0 atom stereocenters. The highest BCUT2D eigenvalue weighted by molar-refractivity contribution is 7.26. The van der Waals surface area contributed by atoms with E-state index in [-0.39, 0.29) is 0 Å². The summed E-state index contributed by atoms with van der Waals surface area (Å²) in [4.78, 5) is 4.98. The number of hydrogen-bond donors (Lipinski definition) is 0. The minimum atomic E-state index is 1.11. The highest BCUT2D eigenvalue weighted by Crippen LogP contribution is 2.51. The van der Waals surface area contributed by atoms with Gasteiger partial charge in [-0.25, -0.2) is 0 Å². The summed E-state index contributed by atoms with van der Waals surface area (Å²) in [6.07, 6.45) is 0. The molecule has 12 rings (SSSR count). The molecule has 0 unspecified atom stereocenters. The van der Waals surface area contributed by atoms with Crippen LogP contribution in [0, 0.1) is 0 Å². The van der Waals surface area contributed by atoms with Gasteiger partial charge in [-0.1, -0.05) is 121 Å². The summed E-state index contributed by atoms with van der Waals surface area (Å²) in [5, 5.41) is 12.3. The molecule has 0 spiro atoms. The fourth-order valence-corrected chi connectivity index (χ4v) is 11.2. The molecular weight excluding hydrogens is 741 g/mol. The molecule has 4 heteroatoms. The summed E-state index contributed by atoms with van der Waals surface area (Å²) in [5.74, 6) is 0. The van der Waals surface area contributed by atoms with Crippen LogP contribution in [0.2, 0.25) is 0 Å². The van der Waals surface area contributed by atoms with E-state index in [9.17, 15) is 0 Å². The number of nitrogens with zero attached hydrogens (tertiary/aromatic N) is 2. The fraction of sp³-hybridized carbons (Fsp3) is 0. The molecule has 12 aromatic rings. The molecule has 0 saturated heterocycles. The van der Waals surface area contributed by atoms with E-state index >= 15 is 0 Å². The molecule has 2 heterocycles. The number of fused-ring (bicyclic) bond motifs is 9. The first-order chi connectivity index (χ1) is 28.8. The second-order valence-electron chi connectivity index (χ2n) is 14.9. The van der Waals surface area contributed by atoms with Gasteiger partial charge in [-0.3, -0.25) is 0 Å². The van der Waals surface area contributed by atoms with Gasteiger partial charge in [0.1, 0.15) is 0 Å². The Labute approximate surface area is 343 Å². The number of rotatable bonds is 6. The van der Waals surface area contributed by atoms with Gasteiger partial charge in [0.25, 0.3) is 0 Å². The zero-order valence-electron chi connectivity index (χ0n) is 31.3. The number of anilines is 6. The summed E-state index contributed by atoms with van der Waals surface area (Å²) in [6.45, 7) is 0. The van der Waals surface area contributed by atoms with Crippen molar-refractivity contribution in [3.05, 3.63) is 206 Å². The minimum absolute atomic E-state index is 1.11. The summed E-state index contributed by atoms with van der Waals surface area (Å²) in [5.41, 5.74) is 6.82. The molecule has 0 bridgehead atoms. The van der Waals surface area contributed by atoms with Crippen LogP contribution in [0.3, 0.4) is 0 Å². The van der Waals surface area contributed by atoms with Gasteiger partial charge in [-0.2, -0.15) is 0 Å². The molecule has 0 saturated carbocycles. The molecule has 0 aliphatic carbocycles. The van der Waals surface area contributed by atoms with E-state index in [1.807, 2.05) is 22.7 Å². The van der Waals surface area contributed by atoms with Gasteiger partial charge in [-0.05, 0) is 95.7 Å². The maximum Gasteiger partial charge on any atom is 0.0619 e. The average Bonchev–Trinajstić information content (AvgIpc) is 3.85. The molecule has 0 aliphatic rings.